The van der Waals surface area contributed by atoms with Gasteiger partial charge in [0.05, 0.1) is 6.20 Å². The summed E-state index contributed by atoms with van der Waals surface area (Å²) < 4.78 is 1.96. The highest BCUT2D eigenvalue weighted by atomic mass is 15.3. The number of nitrogens with two attached hydrogens (primary N) is 1. The van der Waals surface area contributed by atoms with Crippen LogP contribution in [0.4, 0.5) is 0 Å². The van der Waals surface area contributed by atoms with Gasteiger partial charge in [0.2, 0.25) is 0 Å². The highest BCUT2D eigenvalue weighted by Gasteiger charge is 2.25. The summed E-state index contributed by atoms with van der Waals surface area (Å²) in [7, 11) is 0. The van der Waals surface area contributed by atoms with Gasteiger partial charge in [0, 0.05) is 24.3 Å². The predicted octanol–water partition coefficient (Wildman–Crippen LogP) is 2.73. The topological polar surface area (TPSA) is 43.8 Å². The summed E-state index contributed by atoms with van der Waals surface area (Å²) in [6.45, 7) is 5.37. The predicted molar refractivity (Wildman–Crippen MR) is 66.0 cm³/mol. The summed E-state index contributed by atoms with van der Waals surface area (Å²) in [6.07, 6.45) is 9.26. The van der Waals surface area contributed by atoms with Crippen LogP contribution in [0, 0.1) is 11.8 Å². The zero-order valence-corrected chi connectivity index (χ0v) is 10.4. The lowest BCUT2D eigenvalue weighted by Gasteiger charge is -2.30. The third-order valence-electron chi connectivity index (χ3n) is 3.93. The van der Waals surface area contributed by atoms with Crippen LogP contribution >= 0.6 is 0 Å². The standard InChI is InChI=1S/C13H23N3/c1-3-16-9-12(8-15-16)13(14)11-6-4-10(2)5-7-11/h8-11,13H,3-7,14H2,1-2H3. The van der Waals surface area contributed by atoms with Gasteiger partial charge in [-0.1, -0.05) is 19.8 Å². The van der Waals surface area contributed by atoms with E-state index >= 15 is 0 Å². The van der Waals surface area contributed by atoms with E-state index < -0.39 is 0 Å². The van der Waals surface area contributed by atoms with Gasteiger partial charge in [-0.3, -0.25) is 4.68 Å². The van der Waals surface area contributed by atoms with Crippen molar-refractivity contribution in [3.05, 3.63) is 18.0 Å². The molecule has 3 heteroatoms. The Balaban J connectivity index is 1.98. The van der Waals surface area contributed by atoms with E-state index in [1.165, 1.54) is 31.2 Å². The van der Waals surface area contributed by atoms with E-state index in [-0.39, 0.29) is 6.04 Å². The van der Waals surface area contributed by atoms with Crippen LogP contribution in [0.15, 0.2) is 12.4 Å². The van der Waals surface area contributed by atoms with Crippen LogP contribution in [0.25, 0.3) is 0 Å². The van der Waals surface area contributed by atoms with Crippen LogP contribution < -0.4 is 5.73 Å². The molecule has 1 atom stereocenters. The molecule has 2 rings (SSSR count). The lowest BCUT2D eigenvalue weighted by Crippen LogP contribution is -2.25. The fourth-order valence-corrected chi connectivity index (χ4v) is 2.64. The van der Waals surface area contributed by atoms with Gasteiger partial charge in [0.1, 0.15) is 0 Å². The summed E-state index contributed by atoms with van der Waals surface area (Å²) in [5.74, 6) is 1.55. The van der Waals surface area contributed by atoms with E-state index in [4.69, 9.17) is 5.73 Å². The van der Waals surface area contributed by atoms with Crippen LogP contribution in [0.1, 0.15) is 51.1 Å². The van der Waals surface area contributed by atoms with Gasteiger partial charge in [-0.2, -0.15) is 5.10 Å². The maximum absolute atomic E-state index is 6.33. The molecule has 1 heterocycles. The third kappa shape index (κ3) is 2.46. The summed E-state index contributed by atoms with van der Waals surface area (Å²) in [5.41, 5.74) is 7.54. The number of nitrogens with zero attached hydrogens (tertiary/aromatic N) is 2. The summed E-state index contributed by atoms with van der Waals surface area (Å²) >= 11 is 0. The largest absolute Gasteiger partial charge is 0.324 e. The summed E-state index contributed by atoms with van der Waals surface area (Å²) in [4.78, 5) is 0. The highest BCUT2D eigenvalue weighted by Crippen LogP contribution is 2.35. The zero-order chi connectivity index (χ0) is 11.5. The van der Waals surface area contributed by atoms with E-state index in [2.05, 4.69) is 25.1 Å². The summed E-state index contributed by atoms with van der Waals surface area (Å²) in [6, 6.07) is 0.188. The van der Waals surface area contributed by atoms with Crippen molar-refractivity contribution in [2.45, 2.75) is 52.1 Å². The third-order valence-corrected chi connectivity index (χ3v) is 3.93. The molecule has 0 spiro atoms. The van der Waals surface area contributed by atoms with Crippen molar-refractivity contribution in [3.8, 4) is 0 Å². The fourth-order valence-electron chi connectivity index (χ4n) is 2.64. The quantitative estimate of drug-likeness (QED) is 0.853. The Kier molecular flexibility index (Phi) is 3.64. The average Bonchev–Trinajstić information content (AvgIpc) is 2.77. The highest BCUT2D eigenvalue weighted by molar-refractivity contribution is 5.11. The molecule has 1 fully saturated rings. The molecule has 1 unspecified atom stereocenters. The van der Waals surface area contributed by atoms with Gasteiger partial charge in [-0.25, -0.2) is 0 Å². The zero-order valence-electron chi connectivity index (χ0n) is 10.4. The molecule has 0 aliphatic heterocycles. The first-order chi connectivity index (χ1) is 7.70. The number of hydrogen-bond acceptors (Lipinski definition) is 2. The molecule has 16 heavy (non-hydrogen) atoms. The van der Waals surface area contributed by atoms with Crippen LogP contribution in [0.2, 0.25) is 0 Å². The molecule has 1 aromatic heterocycles. The first-order valence-electron chi connectivity index (χ1n) is 6.48. The van der Waals surface area contributed by atoms with Gasteiger partial charge in [-0.15, -0.1) is 0 Å². The molecule has 1 aromatic rings. The lowest BCUT2D eigenvalue weighted by molar-refractivity contribution is 0.256. The lowest BCUT2D eigenvalue weighted by atomic mass is 9.78. The number of aromatic nitrogens is 2. The maximum atomic E-state index is 6.33. The minimum Gasteiger partial charge on any atom is -0.324 e. The van der Waals surface area contributed by atoms with Crippen molar-refractivity contribution < 1.29 is 0 Å². The fraction of sp³-hybridized carbons (Fsp3) is 0.769. The Morgan fingerprint density at radius 3 is 2.69 bits per heavy atom. The van der Waals surface area contributed by atoms with Gasteiger partial charge < -0.3 is 5.73 Å². The van der Waals surface area contributed by atoms with Gasteiger partial charge in [0.25, 0.3) is 0 Å². The van der Waals surface area contributed by atoms with Crippen molar-refractivity contribution in [3.63, 3.8) is 0 Å². The van der Waals surface area contributed by atoms with E-state index in [0.717, 1.165) is 12.5 Å². The Bertz CT molecular complexity index is 324. The maximum Gasteiger partial charge on any atom is 0.0537 e. The van der Waals surface area contributed by atoms with E-state index in [9.17, 15) is 0 Å². The van der Waals surface area contributed by atoms with E-state index in [1.807, 2.05) is 10.9 Å². The second kappa shape index (κ2) is 5.00. The van der Waals surface area contributed by atoms with E-state index in [0.29, 0.717) is 5.92 Å². The molecule has 2 N–H and O–H groups in total. The molecule has 0 bridgehead atoms. The molecule has 1 saturated carbocycles. The van der Waals surface area contributed by atoms with Crippen LogP contribution in [0.5, 0.6) is 0 Å². The van der Waals surface area contributed by atoms with E-state index in [1.54, 1.807) is 0 Å². The number of hydrogen-bond donors (Lipinski definition) is 1. The summed E-state index contributed by atoms with van der Waals surface area (Å²) in [5, 5.41) is 4.30. The van der Waals surface area contributed by atoms with Gasteiger partial charge in [0.15, 0.2) is 0 Å². The Labute approximate surface area is 98.0 Å². The molecule has 0 saturated heterocycles. The van der Waals surface area contributed by atoms with Crippen molar-refractivity contribution in [2.24, 2.45) is 17.6 Å². The Morgan fingerprint density at radius 1 is 1.44 bits per heavy atom. The molecule has 1 aliphatic rings. The van der Waals surface area contributed by atoms with Gasteiger partial charge >= 0.3 is 0 Å². The second-order valence-electron chi connectivity index (χ2n) is 5.18. The molecule has 0 radical (unpaired) electrons. The average molecular weight is 221 g/mol. The van der Waals surface area contributed by atoms with Crippen molar-refractivity contribution in [2.75, 3.05) is 0 Å². The molecule has 3 nitrogen and oxygen atoms in total. The molecule has 0 amide bonds. The minimum absolute atomic E-state index is 0.188. The SMILES string of the molecule is CCn1cc(C(N)C2CCC(C)CC2)cn1. The van der Waals surface area contributed by atoms with Crippen LogP contribution in [0.3, 0.4) is 0 Å². The minimum atomic E-state index is 0.188. The van der Waals surface area contributed by atoms with Gasteiger partial charge in [-0.05, 0) is 31.6 Å². The van der Waals surface area contributed by atoms with Crippen molar-refractivity contribution >= 4 is 0 Å². The molecular formula is C13H23N3. The number of aryl methyl sites for hydroxylation is 1. The Hall–Kier alpha value is -0.830. The van der Waals surface area contributed by atoms with Crippen molar-refractivity contribution in [1.29, 1.82) is 0 Å². The van der Waals surface area contributed by atoms with Crippen LogP contribution in [-0.4, -0.2) is 9.78 Å². The molecule has 1 aliphatic carbocycles. The molecule has 0 aromatic carbocycles. The van der Waals surface area contributed by atoms with Crippen LogP contribution in [-0.2, 0) is 6.54 Å². The Morgan fingerprint density at radius 2 is 2.12 bits per heavy atom. The first kappa shape index (κ1) is 11.6. The first-order valence-corrected chi connectivity index (χ1v) is 6.48. The molecular weight excluding hydrogens is 198 g/mol. The second-order valence-corrected chi connectivity index (χ2v) is 5.18. The smallest absolute Gasteiger partial charge is 0.0537 e. The monoisotopic (exact) mass is 221 g/mol. The van der Waals surface area contributed by atoms with Crippen molar-refractivity contribution in [1.82, 2.24) is 9.78 Å². The molecule has 90 valence electrons. The normalized spacial score (nSPS) is 27.9. The number of rotatable bonds is 3.